The Kier molecular flexibility index (Phi) is 7.29. The lowest BCUT2D eigenvalue weighted by atomic mass is 9.89. The van der Waals surface area contributed by atoms with Gasteiger partial charge in [-0.2, -0.15) is 13.2 Å². The Hall–Kier alpha value is -3.21. The van der Waals surface area contributed by atoms with E-state index in [4.69, 9.17) is 19.4 Å². The SMILES string of the molecule is O=C(O)C(F)(F)F.O=C(c1ccccn1)N1CCCC2(CC(Oc3cccnc3)CO2)C1. The molecule has 0 saturated carbocycles. The van der Waals surface area contributed by atoms with Gasteiger partial charge in [0, 0.05) is 25.4 Å². The zero-order valence-electron chi connectivity index (χ0n) is 17.0. The van der Waals surface area contributed by atoms with Crippen LogP contribution in [0.1, 0.15) is 29.8 Å². The van der Waals surface area contributed by atoms with Gasteiger partial charge in [0.25, 0.3) is 5.91 Å². The van der Waals surface area contributed by atoms with E-state index in [0.717, 1.165) is 31.6 Å². The molecule has 2 atom stereocenters. The maximum Gasteiger partial charge on any atom is 0.490 e. The number of aliphatic carboxylic acids is 1. The molecule has 2 aromatic rings. The molecule has 4 heterocycles. The van der Waals surface area contributed by atoms with Gasteiger partial charge in [0.2, 0.25) is 0 Å². The Labute approximate surface area is 182 Å². The Morgan fingerprint density at radius 2 is 2.00 bits per heavy atom. The van der Waals surface area contributed by atoms with Gasteiger partial charge in [-0.1, -0.05) is 6.07 Å². The van der Waals surface area contributed by atoms with E-state index in [-0.39, 0.29) is 17.6 Å². The smallest absolute Gasteiger partial charge is 0.486 e. The first-order valence-electron chi connectivity index (χ1n) is 9.90. The number of carbonyl (C=O) groups is 2. The molecule has 172 valence electrons. The number of piperidine rings is 1. The van der Waals surface area contributed by atoms with Crippen LogP contribution < -0.4 is 4.74 Å². The van der Waals surface area contributed by atoms with Gasteiger partial charge in [-0.05, 0) is 37.1 Å². The highest BCUT2D eigenvalue weighted by molar-refractivity contribution is 5.92. The molecule has 2 aliphatic heterocycles. The number of hydrogen-bond donors (Lipinski definition) is 1. The van der Waals surface area contributed by atoms with Gasteiger partial charge in [-0.3, -0.25) is 14.8 Å². The van der Waals surface area contributed by atoms with Crippen LogP contribution in [0.25, 0.3) is 0 Å². The summed E-state index contributed by atoms with van der Waals surface area (Å²) in [5.74, 6) is -2.03. The predicted molar refractivity (Wildman–Crippen MR) is 105 cm³/mol. The number of carboxylic acids is 1. The number of alkyl halides is 3. The second kappa shape index (κ2) is 9.94. The summed E-state index contributed by atoms with van der Waals surface area (Å²) in [6.07, 6.45) is 2.66. The number of nitrogens with zero attached hydrogens (tertiary/aromatic N) is 3. The maximum atomic E-state index is 12.7. The van der Waals surface area contributed by atoms with Crippen LogP contribution in [0.4, 0.5) is 13.2 Å². The van der Waals surface area contributed by atoms with Crippen molar-refractivity contribution in [3.05, 3.63) is 54.6 Å². The van der Waals surface area contributed by atoms with Crippen LogP contribution in [0.15, 0.2) is 48.9 Å². The van der Waals surface area contributed by atoms with E-state index in [2.05, 4.69) is 9.97 Å². The summed E-state index contributed by atoms with van der Waals surface area (Å²) in [4.78, 5) is 31.7. The van der Waals surface area contributed by atoms with Crippen molar-refractivity contribution in [2.45, 2.75) is 37.1 Å². The van der Waals surface area contributed by atoms with Crippen LogP contribution in [-0.4, -0.2) is 69.4 Å². The number of carboxylic acid groups (broad SMARTS) is 1. The molecule has 1 N–H and O–H groups in total. The van der Waals surface area contributed by atoms with Crippen molar-refractivity contribution in [1.29, 1.82) is 0 Å². The summed E-state index contributed by atoms with van der Waals surface area (Å²) in [5, 5.41) is 7.12. The molecular weight excluding hydrogens is 431 g/mol. The number of halogens is 3. The Balaban J connectivity index is 0.000000360. The summed E-state index contributed by atoms with van der Waals surface area (Å²) in [6.45, 7) is 1.88. The van der Waals surface area contributed by atoms with Crippen LogP contribution in [0.5, 0.6) is 5.75 Å². The van der Waals surface area contributed by atoms with Crippen molar-refractivity contribution in [3.63, 3.8) is 0 Å². The third-order valence-corrected chi connectivity index (χ3v) is 5.07. The van der Waals surface area contributed by atoms with E-state index in [9.17, 15) is 18.0 Å². The fraction of sp³-hybridized carbons (Fsp3) is 0.429. The normalized spacial score (nSPS) is 22.7. The number of aromatic nitrogens is 2. The van der Waals surface area contributed by atoms with Gasteiger partial charge in [0.15, 0.2) is 0 Å². The average Bonchev–Trinajstić information content (AvgIpc) is 3.15. The summed E-state index contributed by atoms with van der Waals surface area (Å²) < 4.78 is 43.8. The van der Waals surface area contributed by atoms with Crippen molar-refractivity contribution in [2.75, 3.05) is 19.7 Å². The molecule has 1 spiro atoms. The van der Waals surface area contributed by atoms with Crippen LogP contribution >= 0.6 is 0 Å². The molecule has 4 rings (SSSR count). The summed E-state index contributed by atoms with van der Waals surface area (Å²) in [5.41, 5.74) is 0.177. The number of ether oxygens (including phenoxy) is 2. The van der Waals surface area contributed by atoms with E-state index in [1.54, 1.807) is 24.7 Å². The van der Waals surface area contributed by atoms with Crippen LogP contribution in [-0.2, 0) is 9.53 Å². The summed E-state index contributed by atoms with van der Waals surface area (Å²) in [7, 11) is 0. The van der Waals surface area contributed by atoms with Crippen molar-refractivity contribution in [2.24, 2.45) is 0 Å². The highest BCUT2D eigenvalue weighted by Gasteiger charge is 2.45. The molecule has 0 bridgehead atoms. The molecule has 8 nitrogen and oxygen atoms in total. The topological polar surface area (TPSA) is 102 Å². The average molecular weight is 453 g/mol. The first-order valence-corrected chi connectivity index (χ1v) is 9.90. The third-order valence-electron chi connectivity index (χ3n) is 5.07. The first-order chi connectivity index (χ1) is 15.2. The van der Waals surface area contributed by atoms with E-state index >= 15 is 0 Å². The highest BCUT2D eigenvalue weighted by atomic mass is 19.4. The Morgan fingerprint density at radius 1 is 1.22 bits per heavy atom. The maximum absolute atomic E-state index is 12.7. The van der Waals surface area contributed by atoms with Gasteiger partial charge in [-0.15, -0.1) is 0 Å². The number of amides is 1. The quantitative estimate of drug-likeness (QED) is 0.762. The van der Waals surface area contributed by atoms with Gasteiger partial charge in [-0.25, -0.2) is 4.79 Å². The first kappa shape index (κ1) is 23.5. The molecular formula is C21H22F3N3O5. The van der Waals surface area contributed by atoms with Gasteiger partial charge < -0.3 is 19.5 Å². The minimum absolute atomic E-state index is 0.00546. The van der Waals surface area contributed by atoms with E-state index < -0.39 is 12.1 Å². The molecule has 0 radical (unpaired) electrons. The van der Waals surface area contributed by atoms with Crippen molar-refractivity contribution in [3.8, 4) is 5.75 Å². The lowest BCUT2D eigenvalue weighted by Crippen LogP contribution is -2.50. The standard InChI is InChI=1S/C19H21N3O3.C2HF3O2/c23-18(17-6-1-2-9-21-17)22-10-4-7-19(14-22)11-16(13-24-19)25-15-5-3-8-20-12-15;3-2(4,5)1(6)7/h1-3,5-6,8-9,12,16H,4,7,10-11,13-14H2;(H,6,7). The van der Waals surface area contributed by atoms with Crippen LogP contribution in [0, 0.1) is 0 Å². The number of carbonyl (C=O) groups excluding carboxylic acids is 1. The minimum atomic E-state index is -5.08. The monoisotopic (exact) mass is 453 g/mol. The number of likely N-dealkylation sites (tertiary alicyclic amines) is 1. The Morgan fingerprint density at radius 3 is 2.62 bits per heavy atom. The van der Waals surface area contributed by atoms with Crippen LogP contribution in [0.3, 0.4) is 0 Å². The molecule has 1 amide bonds. The van der Waals surface area contributed by atoms with Gasteiger partial charge in [0.05, 0.1) is 24.9 Å². The molecule has 32 heavy (non-hydrogen) atoms. The molecule has 2 saturated heterocycles. The molecule has 0 aromatic carbocycles. The second-order valence-corrected chi connectivity index (χ2v) is 7.47. The predicted octanol–water partition coefficient (Wildman–Crippen LogP) is 2.95. The lowest BCUT2D eigenvalue weighted by Gasteiger charge is -2.39. The fourth-order valence-electron chi connectivity index (χ4n) is 3.69. The molecule has 2 fully saturated rings. The van der Waals surface area contributed by atoms with Crippen molar-refractivity contribution in [1.82, 2.24) is 14.9 Å². The molecule has 2 aliphatic rings. The zero-order valence-corrected chi connectivity index (χ0v) is 17.0. The number of rotatable bonds is 3. The molecule has 2 unspecified atom stereocenters. The van der Waals surface area contributed by atoms with Crippen molar-refractivity contribution >= 4 is 11.9 Å². The van der Waals surface area contributed by atoms with Crippen LogP contribution in [0.2, 0.25) is 0 Å². The lowest BCUT2D eigenvalue weighted by molar-refractivity contribution is -0.192. The highest BCUT2D eigenvalue weighted by Crippen LogP contribution is 2.36. The third kappa shape index (κ3) is 6.16. The van der Waals surface area contributed by atoms with Gasteiger partial charge in [0.1, 0.15) is 17.5 Å². The van der Waals surface area contributed by atoms with Gasteiger partial charge >= 0.3 is 12.1 Å². The fourth-order valence-corrected chi connectivity index (χ4v) is 3.69. The number of pyridine rings is 2. The van der Waals surface area contributed by atoms with E-state index in [1.807, 2.05) is 29.2 Å². The molecule has 11 heteroatoms. The van der Waals surface area contributed by atoms with E-state index in [1.165, 1.54) is 0 Å². The molecule has 0 aliphatic carbocycles. The van der Waals surface area contributed by atoms with E-state index in [0.29, 0.717) is 18.8 Å². The molecule has 2 aromatic heterocycles. The second-order valence-electron chi connectivity index (χ2n) is 7.47. The Bertz CT molecular complexity index is 914. The number of hydrogen-bond acceptors (Lipinski definition) is 6. The summed E-state index contributed by atoms with van der Waals surface area (Å²) in [6, 6.07) is 9.16. The summed E-state index contributed by atoms with van der Waals surface area (Å²) >= 11 is 0. The minimum Gasteiger partial charge on any atom is -0.486 e. The van der Waals surface area contributed by atoms with Crippen molar-refractivity contribution < 1.29 is 37.3 Å². The largest absolute Gasteiger partial charge is 0.490 e. The zero-order chi connectivity index (χ0) is 23.2.